The summed E-state index contributed by atoms with van der Waals surface area (Å²) in [5, 5.41) is 0. The van der Waals surface area contributed by atoms with Crippen LogP contribution in [0.15, 0.2) is 0 Å². The molecule has 1 rings (SSSR count). The van der Waals surface area contributed by atoms with Gasteiger partial charge in [0.25, 0.3) is 0 Å². The van der Waals surface area contributed by atoms with E-state index in [1.54, 1.807) is 0 Å². The van der Waals surface area contributed by atoms with E-state index in [1.165, 1.54) is 32.1 Å². The van der Waals surface area contributed by atoms with E-state index in [-0.39, 0.29) is 5.60 Å². The standard InChI is InChI=1S/C16H35NO3Si/c1-5-18-21(4,19-6-2)20-16(3,13-10-14-17)15-11-8-7-9-12-15/h15H,5-14,17H2,1-4H3. The second-order valence-electron chi connectivity index (χ2n) is 6.37. The molecule has 0 aliphatic heterocycles. The van der Waals surface area contributed by atoms with Gasteiger partial charge in [-0.15, -0.1) is 0 Å². The molecular weight excluding hydrogens is 282 g/mol. The Labute approximate surface area is 132 Å². The topological polar surface area (TPSA) is 53.7 Å². The molecule has 0 saturated heterocycles. The van der Waals surface area contributed by atoms with Crippen LogP contribution in [0.1, 0.15) is 65.7 Å². The molecule has 4 nitrogen and oxygen atoms in total. The van der Waals surface area contributed by atoms with E-state index < -0.39 is 8.80 Å². The Morgan fingerprint density at radius 3 is 2.14 bits per heavy atom. The third-order valence-electron chi connectivity index (χ3n) is 4.58. The van der Waals surface area contributed by atoms with Gasteiger partial charge in [0.2, 0.25) is 0 Å². The van der Waals surface area contributed by atoms with Crippen molar-refractivity contribution in [3.8, 4) is 0 Å². The molecule has 1 fully saturated rings. The third-order valence-corrected chi connectivity index (χ3v) is 7.04. The van der Waals surface area contributed by atoms with E-state index in [1.807, 2.05) is 20.4 Å². The molecule has 21 heavy (non-hydrogen) atoms. The van der Waals surface area contributed by atoms with Gasteiger partial charge in [-0.05, 0) is 58.9 Å². The van der Waals surface area contributed by atoms with Crippen molar-refractivity contribution in [2.45, 2.75) is 77.9 Å². The van der Waals surface area contributed by atoms with Crippen LogP contribution in [0, 0.1) is 5.92 Å². The summed E-state index contributed by atoms with van der Waals surface area (Å²) in [5.74, 6) is 0.602. The summed E-state index contributed by atoms with van der Waals surface area (Å²) in [6.45, 7) is 10.3. The smallest absolute Gasteiger partial charge is 0.374 e. The SMILES string of the molecule is CCO[Si](C)(OCC)OC(C)(CCCN)C1CCCCC1. The number of rotatable bonds is 10. The molecule has 1 atom stereocenters. The van der Waals surface area contributed by atoms with Gasteiger partial charge in [0, 0.05) is 19.8 Å². The largest absolute Gasteiger partial charge is 0.498 e. The second-order valence-corrected chi connectivity index (χ2v) is 8.88. The maximum absolute atomic E-state index is 6.59. The van der Waals surface area contributed by atoms with Crippen molar-refractivity contribution in [1.29, 1.82) is 0 Å². The van der Waals surface area contributed by atoms with E-state index >= 15 is 0 Å². The molecule has 1 aliphatic carbocycles. The zero-order chi connectivity index (χ0) is 15.8. The predicted molar refractivity (Wildman–Crippen MR) is 89.2 cm³/mol. The first-order chi connectivity index (χ1) is 9.99. The molecular formula is C16H35NO3Si. The zero-order valence-corrected chi connectivity index (χ0v) is 15.5. The van der Waals surface area contributed by atoms with Crippen molar-refractivity contribution < 1.29 is 13.3 Å². The highest BCUT2D eigenvalue weighted by Gasteiger charge is 2.45. The molecule has 0 amide bonds. The summed E-state index contributed by atoms with van der Waals surface area (Å²) >= 11 is 0. The Hall–Kier alpha value is 0.0569. The van der Waals surface area contributed by atoms with Gasteiger partial charge in [-0.25, -0.2) is 0 Å². The van der Waals surface area contributed by atoms with Crippen LogP contribution in [-0.4, -0.2) is 34.2 Å². The quantitative estimate of drug-likeness (QED) is 0.624. The minimum Gasteiger partial charge on any atom is -0.374 e. The monoisotopic (exact) mass is 317 g/mol. The first-order valence-electron chi connectivity index (χ1n) is 8.68. The van der Waals surface area contributed by atoms with Crippen molar-refractivity contribution in [1.82, 2.24) is 0 Å². The Morgan fingerprint density at radius 2 is 1.67 bits per heavy atom. The van der Waals surface area contributed by atoms with E-state index in [4.69, 9.17) is 19.0 Å². The van der Waals surface area contributed by atoms with E-state index in [0.717, 1.165) is 12.8 Å². The molecule has 1 unspecified atom stereocenters. The summed E-state index contributed by atoms with van der Waals surface area (Å²) in [5.41, 5.74) is 5.58. The molecule has 0 radical (unpaired) electrons. The Kier molecular flexibility index (Phi) is 8.42. The Balaban J connectivity index is 2.82. The molecule has 0 aromatic carbocycles. The van der Waals surface area contributed by atoms with Gasteiger partial charge in [0.1, 0.15) is 0 Å². The van der Waals surface area contributed by atoms with Crippen molar-refractivity contribution in [2.75, 3.05) is 19.8 Å². The maximum atomic E-state index is 6.59. The number of hydrogen-bond acceptors (Lipinski definition) is 4. The van der Waals surface area contributed by atoms with Crippen molar-refractivity contribution in [3.05, 3.63) is 0 Å². The molecule has 0 heterocycles. The molecule has 1 saturated carbocycles. The molecule has 1 aliphatic rings. The van der Waals surface area contributed by atoms with E-state index in [0.29, 0.717) is 25.7 Å². The lowest BCUT2D eigenvalue weighted by Gasteiger charge is -2.44. The average molecular weight is 318 g/mol. The number of hydrogen-bond donors (Lipinski definition) is 1. The summed E-state index contributed by atoms with van der Waals surface area (Å²) in [4.78, 5) is 0. The minimum atomic E-state index is -2.56. The maximum Gasteiger partial charge on any atom is 0.498 e. The van der Waals surface area contributed by atoms with Gasteiger partial charge in [-0.2, -0.15) is 0 Å². The normalized spacial score (nSPS) is 20.4. The lowest BCUT2D eigenvalue weighted by molar-refractivity contribution is -0.0646. The summed E-state index contributed by atoms with van der Waals surface area (Å²) in [6.07, 6.45) is 8.48. The summed E-state index contributed by atoms with van der Waals surface area (Å²) < 4.78 is 18.4. The fourth-order valence-electron chi connectivity index (χ4n) is 3.55. The molecule has 0 aromatic heterocycles. The molecule has 2 N–H and O–H groups in total. The average Bonchev–Trinajstić information content (AvgIpc) is 2.46. The molecule has 0 aromatic rings. The van der Waals surface area contributed by atoms with Crippen LogP contribution in [0.3, 0.4) is 0 Å². The Morgan fingerprint density at radius 1 is 1.10 bits per heavy atom. The van der Waals surface area contributed by atoms with Crippen LogP contribution < -0.4 is 5.73 Å². The highest BCUT2D eigenvalue weighted by atomic mass is 28.4. The molecule has 126 valence electrons. The molecule has 0 spiro atoms. The van der Waals surface area contributed by atoms with Crippen molar-refractivity contribution >= 4 is 8.80 Å². The van der Waals surface area contributed by atoms with Crippen LogP contribution in [0.5, 0.6) is 0 Å². The van der Waals surface area contributed by atoms with Gasteiger partial charge < -0.3 is 19.0 Å². The lowest BCUT2D eigenvalue weighted by atomic mass is 9.76. The highest BCUT2D eigenvalue weighted by molar-refractivity contribution is 6.59. The van der Waals surface area contributed by atoms with Gasteiger partial charge in [0.05, 0.1) is 5.60 Å². The van der Waals surface area contributed by atoms with Gasteiger partial charge in [0.15, 0.2) is 0 Å². The highest BCUT2D eigenvalue weighted by Crippen LogP contribution is 2.39. The van der Waals surface area contributed by atoms with Crippen LogP contribution >= 0.6 is 0 Å². The minimum absolute atomic E-state index is 0.162. The molecule has 5 heteroatoms. The van der Waals surface area contributed by atoms with Gasteiger partial charge >= 0.3 is 8.80 Å². The van der Waals surface area contributed by atoms with E-state index in [9.17, 15) is 0 Å². The fourth-order valence-corrected chi connectivity index (χ4v) is 5.92. The van der Waals surface area contributed by atoms with Gasteiger partial charge in [-0.3, -0.25) is 0 Å². The van der Waals surface area contributed by atoms with Gasteiger partial charge in [-0.1, -0.05) is 19.3 Å². The van der Waals surface area contributed by atoms with Crippen molar-refractivity contribution in [2.24, 2.45) is 11.7 Å². The number of nitrogens with two attached hydrogens (primary N) is 1. The third kappa shape index (κ3) is 5.98. The van der Waals surface area contributed by atoms with Crippen LogP contribution in [0.25, 0.3) is 0 Å². The fraction of sp³-hybridized carbons (Fsp3) is 1.00. The Bertz CT molecular complexity index is 279. The first kappa shape index (κ1) is 19.1. The predicted octanol–water partition coefficient (Wildman–Crippen LogP) is 3.72. The summed E-state index contributed by atoms with van der Waals surface area (Å²) in [7, 11) is -2.56. The summed E-state index contributed by atoms with van der Waals surface area (Å²) in [6, 6.07) is 0. The van der Waals surface area contributed by atoms with Crippen LogP contribution in [-0.2, 0) is 13.3 Å². The molecule has 0 bridgehead atoms. The first-order valence-corrected chi connectivity index (χ1v) is 10.9. The zero-order valence-electron chi connectivity index (χ0n) is 14.5. The lowest BCUT2D eigenvalue weighted by Crippen LogP contribution is -2.53. The second kappa shape index (κ2) is 9.25. The van der Waals surface area contributed by atoms with Crippen molar-refractivity contribution in [3.63, 3.8) is 0 Å². The van der Waals surface area contributed by atoms with Crippen LogP contribution in [0.2, 0.25) is 6.55 Å². The van der Waals surface area contributed by atoms with E-state index in [2.05, 4.69) is 6.92 Å². The van der Waals surface area contributed by atoms with Crippen LogP contribution in [0.4, 0.5) is 0 Å².